The third kappa shape index (κ3) is 2.62. The first-order chi connectivity index (χ1) is 10.2. The molecule has 3 atom stereocenters. The number of hydrogen-bond donors (Lipinski definition) is 0. The van der Waals surface area contributed by atoms with Gasteiger partial charge < -0.3 is 14.6 Å². The van der Waals surface area contributed by atoms with Gasteiger partial charge in [-0.3, -0.25) is 4.79 Å². The first-order valence-electron chi connectivity index (χ1n) is 7.59. The Hall–Kier alpha value is -1.84. The van der Waals surface area contributed by atoms with Crippen molar-refractivity contribution in [2.45, 2.75) is 34.1 Å². The molecule has 1 saturated carbocycles. The molecule has 0 unspecified atom stereocenters. The van der Waals surface area contributed by atoms with Crippen molar-refractivity contribution >= 4 is 11.8 Å². The predicted molar refractivity (Wildman–Crippen MR) is 81.6 cm³/mol. The molecule has 0 aliphatic heterocycles. The standard InChI is InChI=1S/C18H24O4/c1-10-6-7-15(22-5)13(8-10)16(19)12-9-14(17(20)21)18(3,4)11(12)2/h6-8,11-12,14H,9H2,1-5H3,(H,20,21)/p-1/t11-,12-,14+/m1/s1. The number of ketones is 1. The molecule has 4 heteroatoms. The van der Waals surface area contributed by atoms with Gasteiger partial charge in [-0.05, 0) is 36.8 Å². The van der Waals surface area contributed by atoms with E-state index in [1.165, 1.54) is 7.11 Å². The third-order valence-corrected chi connectivity index (χ3v) is 5.41. The van der Waals surface area contributed by atoms with Gasteiger partial charge in [0.15, 0.2) is 5.78 Å². The topological polar surface area (TPSA) is 66.4 Å². The SMILES string of the molecule is COc1ccc(C)cc1C(=O)[C@@H]1C[C@@H](C(=O)[O-])C(C)(C)[C@@H]1C. The summed E-state index contributed by atoms with van der Waals surface area (Å²) in [5.41, 5.74) is 1.05. The van der Waals surface area contributed by atoms with Crippen LogP contribution in [0.15, 0.2) is 18.2 Å². The van der Waals surface area contributed by atoms with Crippen LogP contribution in [-0.2, 0) is 4.79 Å². The zero-order valence-corrected chi connectivity index (χ0v) is 13.8. The van der Waals surface area contributed by atoms with Crippen LogP contribution in [0.1, 0.15) is 43.1 Å². The Morgan fingerprint density at radius 3 is 2.45 bits per heavy atom. The quantitative estimate of drug-likeness (QED) is 0.800. The van der Waals surface area contributed by atoms with Crippen molar-refractivity contribution < 1.29 is 19.4 Å². The Balaban J connectivity index is 2.39. The van der Waals surface area contributed by atoms with Gasteiger partial charge in [0.05, 0.1) is 12.7 Å². The number of rotatable bonds is 4. The van der Waals surface area contributed by atoms with E-state index >= 15 is 0 Å². The minimum absolute atomic E-state index is 0.0341. The molecule has 0 radical (unpaired) electrons. The molecule has 22 heavy (non-hydrogen) atoms. The molecule has 0 amide bonds. The van der Waals surface area contributed by atoms with E-state index in [0.717, 1.165) is 5.56 Å². The second kappa shape index (κ2) is 5.75. The molecule has 1 aliphatic carbocycles. The molecule has 0 spiro atoms. The van der Waals surface area contributed by atoms with Gasteiger partial charge >= 0.3 is 0 Å². The number of ether oxygens (including phenoxy) is 1. The first-order valence-corrected chi connectivity index (χ1v) is 7.59. The lowest BCUT2D eigenvalue weighted by Gasteiger charge is -2.32. The van der Waals surface area contributed by atoms with Gasteiger partial charge in [0.2, 0.25) is 0 Å². The van der Waals surface area contributed by atoms with Crippen LogP contribution in [0, 0.1) is 30.1 Å². The molecule has 1 aromatic rings. The number of carbonyl (C=O) groups is 2. The van der Waals surface area contributed by atoms with Crippen molar-refractivity contribution in [1.29, 1.82) is 0 Å². The van der Waals surface area contributed by atoms with Crippen LogP contribution in [0.3, 0.4) is 0 Å². The zero-order chi connectivity index (χ0) is 16.7. The Bertz CT molecular complexity index is 603. The monoisotopic (exact) mass is 303 g/mol. The molecule has 1 fully saturated rings. The number of carboxylic acid groups (broad SMARTS) is 1. The average molecular weight is 303 g/mol. The molecular formula is C18H23O4-. The molecule has 0 saturated heterocycles. The van der Waals surface area contributed by atoms with Gasteiger partial charge in [0, 0.05) is 17.8 Å². The average Bonchev–Trinajstić information content (AvgIpc) is 2.69. The van der Waals surface area contributed by atoms with E-state index < -0.39 is 17.3 Å². The van der Waals surface area contributed by atoms with Crippen LogP contribution in [-0.4, -0.2) is 18.9 Å². The molecular weight excluding hydrogens is 280 g/mol. The van der Waals surface area contributed by atoms with Crippen LogP contribution in [0.25, 0.3) is 0 Å². The fourth-order valence-electron chi connectivity index (χ4n) is 3.55. The van der Waals surface area contributed by atoms with E-state index in [1.807, 2.05) is 39.8 Å². The molecule has 1 aliphatic rings. The minimum atomic E-state index is -1.07. The summed E-state index contributed by atoms with van der Waals surface area (Å²) in [5.74, 6) is -1.53. The number of aliphatic carboxylic acids is 1. The summed E-state index contributed by atoms with van der Waals surface area (Å²) >= 11 is 0. The van der Waals surface area contributed by atoms with E-state index in [-0.39, 0.29) is 17.6 Å². The van der Waals surface area contributed by atoms with Gasteiger partial charge in [-0.1, -0.05) is 32.4 Å². The lowest BCUT2D eigenvalue weighted by molar-refractivity contribution is -0.314. The Morgan fingerprint density at radius 2 is 1.95 bits per heavy atom. The molecule has 0 bridgehead atoms. The van der Waals surface area contributed by atoms with E-state index in [0.29, 0.717) is 17.7 Å². The molecule has 1 aromatic carbocycles. The van der Waals surface area contributed by atoms with E-state index in [9.17, 15) is 14.7 Å². The molecule has 120 valence electrons. The van der Waals surface area contributed by atoms with E-state index in [1.54, 1.807) is 6.07 Å². The highest BCUT2D eigenvalue weighted by atomic mass is 16.5. The van der Waals surface area contributed by atoms with Gasteiger partial charge in [0.25, 0.3) is 0 Å². The maximum Gasteiger partial charge on any atom is 0.169 e. The summed E-state index contributed by atoms with van der Waals surface area (Å²) in [7, 11) is 1.54. The first kappa shape index (κ1) is 16.5. The molecule has 0 N–H and O–H groups in total. The fraction of sp³-hybridized carbons (Fsp3) is 0.556. The summed E-state index contributed by atoms with van der Waals surface area (Å²) in [4.78, 5) is 24.3. The summed E-state index contributed by atoms with van der Waals surface area (Å²) < 4.78 is 5.29. The van der Waals surface area contributed by atoms with Crippen LogP contribution in [0.4, 0.5) is 0 Å². The fourth-order valence-corrected chi connectivity index (χ4v) is 3.55. The highest BCUT2D eigenvalue weighted by molar-refractivity contribution is 6.01. The van der Waals surface area contributed by atoms with Crippen molar-refractivity contribution in [3.05, 3.63) is 29.3 Å². The van der Waals surface area contributed by atoms with Crippen molar-refractivity contribution in [3.63, 3.8) is 0 Å². The summed E-state index contributed by atoms with van der Waals surface area (Å²) in [6, 6.07) is 5.48. The second-order valence-corrected chi connectivity index (χ2v) is 6.89. The smallest absolute Gasteiger partial charge is 0.169 e. The Kier molecular flexibility index (Phi) is 4.32. The van der Waals surface area contributed by atoms with Crippen LogP contribution in [0.2, 0.25) is 0 Å². The van der Waals surface area contributed by atoms with Crippen molar-refractivity contribution in [2.75, 3.05) is 7.11 Å². The minimum Gasteiger partial charge on any atom is -0.550 e. The lowest BCUT2D eigenvalue weighted by Crippen LogP contribution is -2.38. The van der Waals surface area contributed by atoms with Gasteiger partial charge in [-0.2, -0.15) is 0 Å². The largest absolute Gasteiger partial charge is 0.550 e. The molecule has 0 aromatic heterocycles. The maximum absolute atomic E-state index is 13.0. The molecule has 2 rings (SSSR count). The Morgan fingerprint density at radius 1 is 1.32 bits per heavy atom. The second-order valence-electron chi connectivity index (χ2n) is 6.89. The number of hydrogen-bond acceptors (Lipinski definition) is 4. The number of carboxylic acids is 1. The number of aryl methyl sites for hydroxylation is 1. The van der Waals surface area contributed by atoms with Crippen molar-refractivity contribution in [1.82, 2.24) is 0 Å². The summed E-state index contributed by atoms with van der Waals surface area (Å²) in [6.07, 6.45) is 0.326. The zero-order valence-electron chi connectivity index (χ0n) is 13.8. The van der Waals surface area contributed by atoms with Gasteiger partial charge in [0.1, 0.15) is 5.75 Å². The van der Waals surface area contributed by atoms with Crippen molar-refractivity contribution in [2.24, 2.45) is 23.2 Å². The number of benzene rings is 1. The van der Waals surface area contributed by atoms with Crippen molar-refractivity contribution in [3.8, 4) is 5.75 Å². The number of carbonyl (C=O) groups excluding carboxylic acids is 2. The van der Waals surface area contributed by atoms with E-state index in [2.05, 4.69) is 0 Å². The van der Waals surface area contributed by atoms with Crippen LogP contribution >= 0.6 is 0 Å². The lowest BCUT2D eigenvalue weighted by atomic mass is 9.74. The third-order valence-electron chi connectivity index (χ3n) is 5.41. The maximum atomic E-state index is 13.0. The highest BCUT2D eigenvalue weighted by Gasteiger charge is 2.50. The van der Waals surface area contributed by atoms with Gasteiger partial charge in [-0.25, -0.2) is 0 Å². The van der Waals surface area contributed by atoms with Crippen LogP contribution < -0.4 is 9.84 Å². The number of Topliss-reactive ketones (excluding diaryl/α,β-unsaturated/α-hetero) is 1. The van der Waals surface area contributed by atoms with E-state index in [4.69, 9.17) is 4.74 Å². The Labute approximate surface area is 131 Å². The van der Waals surface area contributed by atoms with Gasteiger partial charge in [-0.15, -0.1) is 0 Å². The number of methoxy groups -OCH3 is 1. The molecule has 0 heterocycles. The summed E-state index contributed by atoms with van der Waals surface area (Å²) in [6.45, 7) is 7.67. The summed E-state index contributed by atoms with van der Waals surface area (Å²) in [5, 5.41) is 11.4. The van der Waals surface area contributed by atoms with Crippen LogP contribution in [0.5, 0.6) is 5.75 Å². The molecule has 4 nitrogen and oxygen atoms in total. The predicted octanol–water partition coefficient (Wildman–Crippen LogP) is 2.23. The highest BCUT2D eigenvalue weighted by Crippen LogP contribution is 2.51. The normalized spacial score (nSPS) is 26.7.